The number of carbonyl (C=O) groups excluding carboxylic acids is 1. The average molecular weight is 393 g/mol. The Labute approximate surface area is 171 Å². The molecule has 3 N–H and O–H groups in total. The lowest BCUT2D eigenvalue weighted by atomic mass is 9.92. The lowest BCUT2D eigenvalue weighted by Crippen LogP contribution is -2.24. The normalized spacial score (nSPS) is 12.8. The van der Waals surface area contributed by atoms with Crippen LogP contribution in [-0.2, 0) is 15.6 Å². The molecule has 0 aliphatic heterocycles. The zero-order valence-corrected chi connectivity index (χ0v) is 17.8. The summed E-state index contributed by atoms with van der Waals surface area (Å²) in [6, 6.07) is 13.0. The molecular formula is C22H28N6O. The molecule has 0 saturated heterocycles. The van der Waals surface area contributed by atoms with Crippen molar-refractivity contribution in [2.24, 2.45) is 4.99 Å². The second kappa shape index (κ2) is 7.66. The number of benzene rings is 1. The monoisotopic (exact) mass is 392 g/mol. The molecule has 152 valence electrons. The third kappa shape index (κ3) is 4.99. The number of aliphatic imine (C=N–C) groups is 1. The van der Waals surface area contributed by atoms with E-state index in [0.29, 0.717) is 17.2 Å². The van der Waals surface area contributed by atoms with Gasteiger partial charge >= 0.3 is 0 Å². The Bertz CT molecular complexity index is 1020. The van der Waals surface area contributed by atoms with Crippen LogP contribution in [0.2, 0.25) is 0 Å². The predicted octanol–water partition coefficient (Wildman–Crippen LogP) is 4.49. The van der Waals surface area contributed by atoms with Crippen LogP contribution in [0.1, 0.15) is 58.5 Å². The molecule has 1 amide bonds. The Morgan fingerprint density at radius 2 is 1.48 bits per heavy atom. The fraction of sp³-hybridized carbons (Fsp3) is 0.364. The molecule has 1 aromatic carbocycles. The van der Waals surface area contributed by atoms with Crippen molar-refractivity contribution in [1.29, 1.82) is 0 Å². The van der Waals surface area contributed by atoms with Crippen LogP contribution in [0.25, 0.3) is 0 Å². The zero-order valence-electron chi connectivity index (χ0n) is 17.8. The first-order valence-electron chi connectivity index (χ1n) is 9.61. The molecule has 0 bridgehead atoms. The van der Waals surface area contributed by atoms with Gasteiger partial charge in [0, 0.05) is 39.9 Å². The number of amides is 1. The summed E-state index contributed by atoms with van der Waals surface area (Å²) in [6.45, 7) is 12.5. The van der Waals surface area contributed by atoms with Gasteiger partial charge in [0.05, 0.1) is 0 Å². The number of nitrogens with zero attached hydrogens (tertiary/aromatic N) is 3. The van der Waals surface area contributed by atoms with Gasteiger partial charge < -0.3 is 5.32 Å². The highest BCUT2D eigenvalue weighted by Gasteiger charge is 2.21. The first kappa shape index (κ1) is 20.5. The SMILES string of the molecule is CC(C)(C)c1cc(N=C(C(=O)Nc2cc(C(C)(C)C)[nH]n2)c2ccccc2)n[nH]1. The van der Waals surface area contributed by atoms with Crippen molar-refractivity contribution in [2.75, 3.05) is 5.32 Å². The number of rotatable bonds is 4. The summed E-state index contributed by atoms with van der Waals surface area (Å²) in [6.07, 6.45) is 0. The van der Waals surface area contributed by atoms with Crippen molar-refractivity contribution in [3.63, 3.8) is 0 Å². The largest absolute Gasteiger partial charge is 0.304 e. The maximum Gasteiger partial charge on any atom is 0.276 e. The smallest absolute Gasteiger partial charge is 0.276 e. The molecule has 0 aliphatic rings. The lowest BCUT2D eigenvalue weighted by molar-refractivity contribution is -0.110. The molecule has 0 spiro atoms. The van der Waals surface area contributed by atoms with E-state index in [9.17, 15) is 4.79 Å². The molecule has 3 aromatic rings. The highest BCUT2D eigenvalue weighted by Crippen LogP contribution is 2.24. The molecule has 2 heterocycles. The number of aromatic nitrogens is 4. The van der Waals surface area contributed by atoms with Gasteiger partial charge in [-0.25, -0.2) is 4.99 Å². The van der Waals surface area contributed by atoms with Crippen LogP contribution in [-0.4, -0.2) is 32.0 Å². The van der Waals surface area contributed by atoms with Crippen molar-refractivity contribution in [2.45, 2.75) is 52.4 Å². The molecule has 3 rings (SSSR count). The number of nitrogens with one attached hydrogen (secondary N) is 3. The topological polar surface area (TPSA) is 98.8 Å². The van der Waals surface area contributed by atoms with Crippen LogP contribution >= 0.6 is 0 Å². The highest BCUT2D eigenvalue weighted by atomic mass is 16.2. The maximum atomic E-state index is 13.0. The fourth-order valence-corrected chi connectivity index (χ4v) is 2.66. The minimum absolute atomic E-state index is 0.0889. The van der Waals surface area contributed by atoms with Crippen molar-refractivity contribution in [1.82, 2.24) is 20.4 Å². The van der Waals surface area contributed by atoms with Crippen molar-refractivity contribution >= 4 is 23.3 Å². The summed E-state index contributed by atoms with van der Waals surface area (Å²) < 4.78 is 0. The molecule has 29 heavy (non-hydrogen) atoms. The summed E-state index contributed by atoms with van der Waals surface area (Å²) >= 11 is 0. The molecule has 7 heteroatoms. The molecule has 0 atom stereocenters. The van der Waals surface area contributed by atoms with E-state index in [1.807, 2.05) is 42.5 Å². The Morgan fingerprint density at radius 1 is 0.897 bits per heavy atom. The van der Waals surface area contributed by atoms with Gasteiger partial charge in [0.25, 0.3) is 5.91 Å². The van der Waals surface area contributed by atoms with Gasteiger partial charge in [0.1, 0.15) is 5.71 Å². The first-order valence-corrected chi connectivity index (χ1v) is 9.61. The molecular weight excluding hydrogens is 364 g/mol. The van der Waals surface area contributed by atoms with Gasteiger partial charge in [-0.1, -0.05) is 71.9 Å². The third-order valence-corrected chi connectivity index (χ3v) is 4.49. The van der Waals surface area contributed by atoms with E-state index < -0.39 is 0 Å². The molecule has 7 nitrogen and oxygen atoms in total. The van der Waals surface area contributed by atoms with Crippen LogP contribution in [0, 0.1) is 0 Å². The van der Waals surface area contributed by atoms with Gasteiger partial charge in [-0.15, -0.1) is 0 Å². The third-order valence-electron chi connectivity index (χ3n) is 4.49. The summed E-state index contributed by atoms with van der Waals surface area (Å²) in [5.41, 5.74) is 2.69. The second-order valence-electron chi connectivity index (χ2n) is 9.09. The average Bonchev–Trinajstić information content (AvgIpc) is 3.29. The van der Waals surface area contributed by atoms with E-state index in [0.717, 1.165) is 11.4 Å². The van der Waals surface area contributed by atoms with Crippen molar-refractivity contribution in [3.05, 3.63) is 59.4 Å². The van der Waals surface area contributed by atoms with E-state index in [4.69, 9.17) is 0 Å². The van der Waals surface area contributed by atoms with E-state index in [1.54, 1.807) is 0 Å². The Hall–Kier alpha value is -3.22. The van der Waals surface area contributed by atoms with E-state index in [-0.39, 0.29) is 22.4 Å². The molecule has 2 aromatic heterocycles. The van der Waals surface area contributed by atoms with Crippen LogP contribution in [0.15, 0.2) is 47.5 Å². The maximum absolute atomic E-state index is 13.0. The van der Waals surface area contributed by atoms with E-state index in [2.05, 4.69) is 72.2 Å². The molecule has 0 radical (unpaired) electrons. The summed E-state index contributed by atoms with van der Waals surface area (Å²) in [4.78, 5) is 17.6. The van der Waals surface area contributed by atoms with Crippen molar-refractivity contribution < 1.29 is 4.79 Å². The van der Waals surface area contributed by atoms with Crippen LogP contribution in [0.5, 0.6) is 0 Å². The number of anilines is 1. The van der Waals surface area contributed by atoms with Crippen LogP contribution in [0.4, 0.5) is 11.6 Å². The van der Waals surface area contributed by atoms with Crippen LogP contribution in [0.3, 0.4) is 0 Å². The highest BCUT2D eigenvalue weighted by molar-refractivity contribution is 6.49. The molecule has 0 unspecified atom stereocenters. The van der Waals surface area contributed by atoms with Gasteiger partial charge in [-0.3, -0.25) is 15.0 Å². The lowest BCUT2D eigenvalue weighted by Gasteiger charge is -2.14. The van der Waals surface area contributed by atoms with Crippen LogP contribution < -0.4 is 5.32 Å². The number of aromatic amines is 2. The summed E-state index contributed by atoms with van der Waals surface area (Å²) in [5, 5.41) is 17.3. The van der Waals surface area contributed by atoms with Gasteiger partial charge in [-0.2, -0.15) is 10.2 Å². The number of hydrogen-bond acceptors (Lipinski definition) is 4. The number of hydrogen-bond donors (Lipinski definition) is 3. The minimum Gasteiger partial charge on any atom is -0.304 e. The van der Waals surface area contributed by atoms with E-state index in [1.165, 1.54) is 0 Å². The number of H-pyrrole nitrogens is 2. The molecule has 0 saturated carbocycles. The standard InChI is InChI=1S/C22H28N6O/c1-21(2,3)15-12-17(27-25-15)23-19(14-10-8-7-9-11-14)20(29)24-18-13-16(26-28-18)22(4,5)6/h7-13H,1-6H3,(H,25,27)(H2,24,26,28,29). The number of carbonyl (C=O) groups is 1. The van der Waals surface area contributed by atoms with Crippen molar-refractivity contribution in [3.8, 4) is 0 Å². The van der Waals surface area contributed by atoms with E-state index >= 15 is 0 Å². The zero-order chi connectivity index (χ0) is 21.2. The molecule has 0 fully saturated rings. The minimum atomic E-state index is -0.344. The van der Waals surface area contributed by atoms with Gasteiger partial charge in [-0.05, 0) is 0 Å². The summed E-state index contributed by atoms with van der Waals surface area (Å²) in [5.74, 6) is 0.575. The second-order valence-corrected chi connectivity index (χ2v) is 9.09. The quantitative estimate of drug-likeness (QED) is 0.571. The van der Waals surface area contributed by atoms with Gasteiger partial charge in [0.2, 0.25) is 0 Å². The fourth-order valence-electron chi connectivity index (χ4n) is 2.66. The predicted molar refractivity (Wildman–Crippen MR) is 116 cm³/mol. The Morgan fingerprint density at radius 3 is 2.03 bits per heavy atom. The molecule has 0 aliphatic carbocycles. The van der Waals surface area contributed by atoms with Gasteiger partial charge in [0.15, 0.2) is 11.6 Å². The first-order chi connectivity index (χ1) is 13.5. The Kier molecular flexibility index (Phi) is 5.42. The Balaban J connectivity index is 1.93. The summed E-state index contributed by atoms with van der Waals surface area (Å²) in [7, 11) is 0.